The van der Waals surface area contributed by atoms with Crippen molar-refractivity contribution in [2.75, 3.05) is 5.32 Å². The summed E-state index contributed by atoms with van der Waals surface area (Å²) < 4.78 is 1.81. The molecule has 1 atom stereocenters. The van der Waals surface area contributed by atoms with Crippen LogP contribution in [0.3, 0.4) is 0 Å². The Balaban J connectivity index is 1.64. The largest absolute Gasteiger partial charge is 0.327 e. The number of hydrogen-bond donors (Lipinski definition) is 1. The highest BCUT2D eigenvalue weighted by molar-refractivity contribution is 7.07. The number of nitrogens with zero attached hydrogens (tertiary/aromatic N) is 2. The minimum atomic E-state index is -0.176. The zero-order valence-corrected chi connectivity index (χ0v) is 13.1. The molecule has 0 aliphatic carbocycles. The summed E-state index contributed by atoms with van der Waals surface area (Å²) in [5, 5.41) is 4.79. The fraction of sp³-hybridized carbons (Fsp3) is 0.312. The van der Waals surface area contributed by atoms with Crippen LogP contribution in [-0.2, 0) is 23.1 Å². The lowest BCUT2D eigenvalue weighted by atomic mass is 9.90. The molecule has 1 aromatic carbocycles. The molecular formula is C16H17N3O2S. The Bertz CT molecular complexity index is 775. The van der Waals surface area contributed by atoms with Gasteiger partial charge in [-0.1, -0.05) is 18.2 Å². The van der Waals surface area contributed by atoms with E-state index in [0.717, 1.165) is 11.3 Å². The van der Waals surface area contributed by atoms with Gasteiger partial charge in [-0.25, -0.2) is 0 Å². The molecule has 114 valence electrons. The average molecular weight is 315 g/mol. The van der Waals surface area contributed by atoms with E-state index in [9.17, 15) is 9.59 Å². The monoisotopic (exact) mass is 315 g/mol. The molecule has 6 heteroatoms. The fourth-order valence-corrected chi connectivity index (χ4v) is 3.29. The number of rotatable bonds is 3. The smallest absolute Gasteiger partial charge is 0.248 e. The molecule has 1 aliphatic rings. The molecule has 5 nitrogen and oxygen atoms in total. The highest BCUT2D eigenvalue weighted by atomic mass is 32.1. The summed E-state index contributed by atoms with van der Waals surface area (Å²) in [4.78, 5) is 28.8. The van der Waals surface area contributed by atoms with Crippen molar-refractivity contribution in [2.24, 2.45) is 18.0 Å². The third-order valence-electron chi connectivity index (χ3n) is 3.80. The van der Waals surface area contributed by atoms with Gasteiger partial charge < -0.3 is 9.88 Å². The van der Waals surface area contributed by atoms with Crippen LogP contribution in [0.5, 0.6) is 0 Å². The molecule has 0 bridgehead atoms. The number of hydrogen-bond acceptors (Lipinski definition) is 3. The van der Waals surface area contributed by atoms with Gasteiger partial charge in [0.1, 0.15) is 0 Å². The molecule has 1 N–H and O–H groups in total. The number of benzene rings is 1. The Morgan fingerprint density at radius 3 is 3.05 bits per heavy atom. The molecule has 3 rings (SSSR count). The summed E-state index contributed by atoms with van der Waals surface area (Å²) in [6.07, 6.45) is 3.36. The summed E-state index contributed by atoms with van der Waals surface area (Å²) in [6.45, 7) is 0. The standard InChI is InChI=1S/C16H17N3O2S/c1-19-8-9-22-16(19)18-14(20)7-6-12-10-11-4-2-3-5-13(11)17-15(12)21/h2-5,8-9,12H,6-7,10H2,1H3,(H,17,21). The number of carbonyl (C=O) groups is 2. The number of aromatic nitrogens is 1. The molecule has 2 heterocycles. The molecule has 1 aromatic heterocycles. The Kier molecular flexibility index (Phi) is 4.20. The second-order valence-corrected chi connectivity index (χ2v) is 6.26. The van der Waals surface area contributed by atoms with Crippen molar-refractivity contribution in [1.29, 1.82) is 0 Å². The van der Waals surface area contributed by atoms with Crippen molar-refractivity contribution < 1.29 is 9.59 Å². The van der Waals surface area contributed by atoms with Crippen molar-refractivity contribution in [2.45, 2.75) is 19.3 Å². The molecule has 1 unspecified atom stereocenters. The minimum Gasteiger partial charge on any atom is -0.327 e. The van der Waals surface area contributed by atoms with E-state index < -0.39 is 0 Å². The Morgan fingerprint density at radius 2 is 2.27 bits per heavy atom. The third-order valence-corrected chi connectivity index (χ3v) is 4.65. The lowest BCUT2D eigenvalue weighted by Gasteiger charge is -2.24. The fourth-order valence-electron chi connectivity index (χ4n) is 2.54. The molecule has 0 fully saturated rings. The van der Waals surface area contributed by atoms with Gasteiger partial charge in [0.05, 0.1) is 0 Å². The zero-order chi connectivity index (χ0) is 15.5. The molecule has 2 aromatic rings. The molecule has 0 spiro atoms. The number of nitrogens with one attached hydrogen (secondary N) is 1. The number of thiazole rings is 1. The van der Waals surface area contributed by atoms with Gasteiger partial charge in [0.2, 0.25) is 11.8 Å². The molecule has 1 aliphatic heterocycles. The van der Waals surface area contributed by atoms with Crippen molar-refractivity contribution in [1.82, 2.24) is 4.57 Å². The molecule has 2 amide bonds. The Morgan fingerprint density at radius 1 is 1.45 bits per heavy atom. The molecular weight excluding hydrogens is 298 g/mol. The van der Waals surface area contributed by atoms with E-state index in [1.54, 1.807) is 0 Å². The summed E-state index contributed by atoms with van der Waals surface area (Å²) in [6, 6.07) is 7.79. The minimum absolute atomic E-state index is 0.00632. The summed E-state index contributed by atoms with van der Waals surface area (Å²) >= 11 is 1.43. The van der Waals surface area contributed by atoms with Gasteiger partial charge in [-0.3, -0.25) is 9.59 Å². The van der Waals surface area contributed by atoms with Crippen LogP contribution in [0.25, 0.3) is 0 Å². The van der Waals surface area contributed by atoms with E-state index in [0.29, 0.717) is 17.6 Å². The Hall–Kier alpha value is -2.21. The molecule has 0 radical (unpaired) electrons. The number of carbonyl (C=O) groups excluding carboxylic acids is 2. The van der Waals surface area contributed by atoms with E-state index in [1.807, 2.05) is 47.5 Å². The first-order valence-corrected chi connectivity index (χ1v) is 8.08. The van der Waals surface area contributed by atoms with Crippen LogP contribution < -0.4 is 10.1 Å². The highest BCUT2D eigenvalue weighted by Crippen LogP contribution is 2.27. The normalized spacial score (nSPS) is 18.0. The average Bonchev–Trinajstić information content (AvgIpc) is 2.90. The number of aryl methyl sites for hydroxylation is 1. The first-order valence-electron chi connectivity index (χ1n) is 7.20. The van der Waals surface area contributed by atoms with Crippen LogP contribution >= 0.6 is 11.3 Å². The van der Waals surface area contributed by atoms with Crippen molar-refractivity contribution in [3.63, 3.8) is 0 Å². The summed E-state index contributed by atoms with van der Waals surface area (Å²) in [5.41, 5.74) is 2.01. The van der Waals surface area contributed by atoms with E-state index in [2.05, 4.69) is 10.3 Å². The first-order chi connectivity index (χ1) is 10.6. The van der Waals surface area contributed by atoms with E-state index >= 15 is 0 Å². The maximum atomic E-state index is 12.1. The van der Waals surface area contributed by atoms with Crippen molar-refractivity contribution >= 4 is 28.8 Å². The predicted molar refractivity (Wildman–Crippen MR) is 85.4 cm³/mol. The van der Waals surface area contributed by atoms with Gasteiger partial charge in [0.25, 0.3) is 0 Å². The maximum absolute atomic E-state index is 12.1. The molecule has 0 saturated carbocycles. The SMILES string of the molecule is Cn1ccsc1=NC(=O)CCC1Cc2ccccc2NC1=O. The van der Waals surface area contributed by atoms with E-state index in [1.165, 1.54) is 11.3 Å². The first kappa shape index (κ1) is 14.7. The van der Waals surface area contributed by atoms with Crippen LogP contribution in [0.15, 0.2) is 40.8 Å². The summed E-state index contributed by atoms with van der Waals surface area (Å²) in [5.74, 6) is -0.343. The van der Waals surface area contributed by atoms with Crippen molar-refractivity contribution in [3.05, 3.63) is 46.2 Å². The van der Waals surface area contributed by atoms with Gasteiger partial charge in [-0.2, -0.15) is 4.99 Å². The number of amides is 2. The van der Waals surface area contributed by atoms with E-state index in [-0.39, 0.29) is 24.2 Å². The van der Waals surface area contributed by atoms with E-state index in [4.69, 9.17) is 0 Å². The molecule has 0 saturated heterocycles. The number of anilines is 1. The molecule has 22 heavy (non-hydrogen) atoms. The second kappa shape index (κ2) is 6.27. The van der Waals surface area contributed by atoms with Crippen LogP contribution in [0.2, 0.25) is 0 Å². The van der Waals surface area contributed by atoms with Crippen LogP contribution in [0, 0.1) is 5.92 Å². The van der Waals surface area contributed by atoms with Crippen LogP contribution in [0.4, 0.5) is 5.69 Å². The maximum Gasteiger partial charge on any atom is 0.248 e. The number of para-hydroxylation sites is 1. The second-order valence-electron chi connectivity index (χ2n) is 5.39. The van der Waals surface area contributed by atoms with Gasteiger partial charge in [-0.15, -0.1) is 11.3 Å². The highest BCUT2D eigenvalue weighted by Gasteiger charge is 2.26. The zero-order valence-electron chi connectivity index (χ0n) is 12.3. The van der Waals surface area contributed by atoms with Crippen molar-refractivity contribution in [3.8, 4) is 0 Å². The quantitative estimate of drug-likeness (QED) is 0.943. The topological polar surface area (TPSA) is 63.5 Å². The number of fused-ring (bicyclic) bond motifs is 1. The summed E-state index contributed by atoms with van der Waals surface area (Å²) in [7, 11) is 1.86. The lowest BCUT2D eigenvalue weighted by molar-refractivity contribution is -0.121. The predicted octanol–water partition coefficient (Wildman–Crippen LogP) is 2.11. The third kappa shape index (κ3) is 3.17. The lowest BCUT2D eigenvalue weighted by Crippen LogP contribution is -2.30. The van der Waals surface area contributed by atoms with Gasteiger partial charge in [-0.05, 0) is 24.5 Å². The van der Waals surface area contributed by atoms with Crippen LogP contribution in [0.1, 0.15) is 18.4 Å². The van der Waals surface area contributed by atoms with Crippen LogP contribution in [-0.4, -0.2) is 16.4 Å². The Labute approximate surface area is 132 Å². The van der Waals surface area contributed by atoms with Gasteiger partial charge in [0, 0.05) is 36.7 Å². The van der Waals surface area contributed by atoms with Gasteiger partial charge in [0.15, 0.2) is 4.80 Å². The van der Waals surface area contributed by atoms with Gasteiger partial charge >= 0.3 is 0 Å².